The van der Waals surface area contributed by atoms with Crippen LogP contribution in [0.2, 0.25) is 10.0 Å². The van der Waals surface area contributed by atoms with Crippen molar-refractivity contribution in [1.29, 1.82) is 0 Å². The van der Waals surface area contributed by atoms with Gasteiger partial charge < -0.3 is 4.90 Å². The second-order valence-corrected chi connectivity index (χ2v) is 8.47. The molecule has 0 saturated carbocycles. The molecule has 3 rings (SSSR count). The van der Waals surface area contributed by atoms with Crippen LogP contribution in [-0.2, 0) is 15.8 Å². The minimum atomic E-state index is -3.60. The van der Waals surface area contributed by atoms with Gasteiger partial charge in [0, 0.05) is 44.1 Å². The number of hydrogen-bond acceptors (Lipinski definition) is 4. The molecule has 5 nitrogen and oxygen atoms in total. The van der Waals surface area contributed by atoms with Crippen molar-refractivity contribution in [2.75, 3.05) is 31.1 Å². The summed E-state index contributed by atoms with van der Waals surface area (Å²) in [5.74, 6) is -0.865. The predicted octanol–water partition coefficient (Wildman–Crippen LogP) is 3.18. The minimum Gasteiger partial charge on any atom is -0.366 e. The molecule has 1 aromatic heterocycles. The van der Waals surface area contributed by atoms with Crippen LogP contribution in [0.5, 0.6) is 0 Å². The molecule has 0 aliphatic carbocycles. The summed E-state index contributed by atoms with van der Waals surface area (Å²) in [6.45, 7) is 1.46. The smallest absolute Gasteiger partial charge is 0.218 e. The van der Waals surface area contributed by atoms with Crippen molar-refractivity contribution < 1.29 is 12.8 Å². The molecule has 1 aliphatic rings. The van der Waals surface area contributed by atoms with E-state index < -0.39 is 15.8 Å². The third-order valence-electron chi connectivity index (χ3n) is 4.07. The van der Waals surface area contributed by atoms with Crippen molar-refractivity contribution in [1.82, 2.24) is 9.29 Å². The normalized spacial score (nSPS) is 16.2. The SMILES string of the molecule is O=S(=O)(Cc1ccccc1F)N1CCN(c2c(Cl)cncc2Cl)CC1. The largest absolute Gasteiger partial charge is 0.366 e. The number of hydrogen-bond donors (Lipinski definition) is 0. The third-order valence-corrected chi connectivity index (χ3v) is 6.45. The van der Waals surface area contributed by atoms with Gasteiger partial charge in [-0.1, -0.05) is 41.4 Å². The molecule has 134 valence electrons. The van der Waals surface area contributed by atoms with Crippen molar-refractivity contribution in [3.05, 3.63) is 58.1 Å². The Bertz CT molecular complexity index is 851. The maximum Gasteiger partial charge on any atom is 0.218 e. The zero-order valence-electron chi connectivity index (χ0n) is 13.2. The summed E-state index contributed by atoms with van der Waals surface area (Å²) in [7, 11) is -3.60. The highest BCUT2D eigenvalue weighted by Crippen LogP contribution is 2.33. The molecule has 0 bridgehead atoms. The van der Waals surface area contributed by atoms with E-state index in [1.165, 1.54) is 34.9 Å². The molecular weight excluding hydrogens is 388 g/mol. The van der Waals surface area contributed by atoms with Crippen molar-refractivity contribution in [3.8, 4) is 0 Å². The fourth-order valence-corrected chi connectivity index (χ4v) is 4.93. The van der Waals surface area contributed by atoms with Gasteiger partial charge in [-0.25, -0.2) is 12.8 Å². The Morgan fingerprint density at radius 1 is 1.04 bits per heavy atom. The molecule has 0 amide bonds. The molecule has 0 spiro atoms. The summed E-state index contributed by atoms with van der Waals surface area (Å²) in [4.78, 5) is 5.85. The highest BCUT2D eigenvalue weighted by Gasteiger charge is 2.29. The van der Waals surface area contributed by atoms with Crippen molar-refractivity contribution in [2.45, 2.75) is 5.75 Å². The summed E-state index contributed by atoms with van der Waals surface area (Å²) in [6, 6.07) is 5.90. The quantitative estimate of drug-likeness (QED) is 0.786. The molecule has 1 aliphatic heterocycles. The summed E-state index contributed by atoms with van der Waals surface area (Å²) in [6.07, 6.45) is 3.01. The maximum atomic E-state index is 13.7. The first-order chi connectivity index (χ1) is 11.9. The van der Waals surface area contributed by atoms with E-state index in [0.717, 1.165) is 0 Å². The topological polar surface area (TPSA) is 53.5 Å². The van der Waals surface area contributed by atoms with E-state index in [4.69, 9.17) is 23.2 Å². The molecule has 1 saturated heterocycles. The average molecular weight is 404 g/mol. The van der Waals surface area contributed by atoms with E-state index in [1.807, 2.05) is 4.90 Å². The monoisotopic (exact) mass is 403 g/mol. The van der Waals surface area contributed by atoms with Gasteiger partial charge in [0.2, 0.25) is 10.0 Å². The highest BCUT2D eigenvalue weighted by atomic mass is 35.5. The van der Waals surface area contributed by atoms with Crippen LogP contribution in [0.4, 0.5) is 10.1 Å². The van der Waals surface area contributed by atoms with Crippen molar-refractivity contribution in [2.24, 2.45) is 0 Å². The fraction of sp³-hybridized carbons (Fsp3) is 0.312. The Labute approximate surface area is 156 Å². The third kappa shape index (κ3) is 4.06. The lowest BCUT2D eigenvalue weighted by Crippen LogP contribution is -2.49. The van der Waals surface area contributed by atoms with E-state index in [1.54, 1.807) is 6.07 Å². The van der Waals surface area contributed by atoms with Gasteiger partial charge in [-0.15, -0.1) is 0 Å². The van der Waals surface area contributed by atoms with Crippen LogP contribution in [-0.4, -0.2) is 43.9 Å². The number of benzene rings is 1. The second-order valence-electron chi connectivity index (χ2n) is 5.69. The van der Waals surface area contributed by atoms with Gasteiger partial charge >= 0.3 is 0 Å². The second kappa shape index (κ2) is 7.45. The van der Waals surface area contributed by atoms with Crippen LogP contribution in [0.25, 0.3) is 0 Å². The van der Waals surface area contributed by atoms with Crippen molar-refractivity contribution >= 4 is 38.9 Å². The molecule has 2 heterocycles. The Balaban J connectivity index is 1.70. The molecule has 9 heteroatoms. The molecule has 25 heavy (non-hydrogen) atoms. The Hall–Kier alpha value is -1.41. The van der Waals surface area contributed by atoms with Crippen LogP contribution in [0, 0.1) is 5.82 Å². The number of rotatable bonds is 4. The van der Waals surface area contributed by atoms with Gasteiger partial charge in [-0.3, -0.25) is 4.98 Å². The zero-order chi connectivity index (χ0) is 18.0. The van der Waals surface area contributed by atoms with E-state index in [9.17, 15) is 12.8 Å². The Morgan fingerprint density at radius 3 is 2.24 bits per heavy atom. The van der Waals surface area contributed by atoms with Gasteiger partial charge in [-0.05, 0) is 6.07 Å². The van der Waals surface area contributed by atoms with E-state index >= 15 is 0 Å². The highest BCUT2D eigenvalue weighted by molar-refractivity contribution is 7.88. The first kappa shape index (κ1) is 18.4. The predicted molar refractivity (Wildman–Crippen MR) is 97.1 cm³/mol. The Morgan fingerprint density at radius 2 is 1.64 bits per heavy atom. The number of anilines is 1. The molecular formula is C16H16Cl2FN3O2S. The fourth-order valence-electron chi connectivity index (χ4n) is 2.80. The molecule has 2 aromatic rings. The maximum absolute atomic E-state index is 13.7. The minimum absolute atomic E-state index is 0.171. The van der Waals surface area contributed by atoms with E-state index in [-0.39, 0.29) is 24.4 Å². The Kier molecular flexibility index (Phi) is 5.48. The van der Waals surface area contributed by atoms with Crippen LogP contribution in [0.3, 0.4) is 0 Å². The van der Waals surface area contributed by atoms with Gasteiger partial charge in [0.15, 0.2) is 0 Å². The first-order valence-corrected chi connectivity index (χ1v) is 10.00. The molecule has 1 fully saturated rings. The lowest BCUT2D eigenvalue weighted by molar-refractivity contribution is 0.384. The van der Waals surface area contributed by atoms with Gasteiger partial charge in [-0.2, -0.15) is 4.31 Å². The van der Waals surface area contributed by atoms with Crippen molar-refractivity contribution in [3.63, 3.8) is 0 Å². The van der Waals surface area contributed by atoms with Crippen LogP contribution in [0.1, 0.15) is 5.56 Å². The standard InChI is InChI=1S/C16H16Cl2FN3O2S/c17-13-9-20-10-14(18)16(13)21-5-7-22(8-6-21)25(23,24)11-12-3-1-2-4-15(12)19/h1-4,9-10H,5-8,11H2. The van der Waals surface area contributed by atoms with Gasteiger partial charge in [0.1, 0.15) is 5.82 Å². The molecule has 0 N–H and O–H groups in total. The number of sulfonamides is 1. The van der Waals surface area contributed by atoms with Gasteiger partial charge in [0.25, 0.3) is 0 Å². The number of nitrogens with zero attached hydrogens (tertiary/aromatic N) is 3. The summed E-state index contributed by atoms with van der Waals surface area (Å²) in [5, 5.41) is 0.852. The number of piperazine rings is 1. The zero-order valence-corrected chi connectivity index (χ0v) is 15.5. The number of aromatic nitrogens is 1. The van der Waals surface area contributed by atoms with Gasteiger partial charge in [0.05, 0.1) is 21.5 Å². The van der Waals surface area contributed by atoms with Crippen LogP contribution in [0.15, 0.2) is 36.7 Å². The number of pyridine rings is 1. The lowest BCUT2D eigenvalue weighted by Gasteiger charge is -2.36. The molecule has 0 unspecified atom stereocenters. The summed E-state index contributed by atoms with van der Waals surface area (Å²) < 4.78 is 40.2. The molecule has 0 radical (unpaired) electrons. The van der Waals surface area contributed by atoms with E-state index in [2.05, 4.69) is 4.98 Å². The number of halogens is 3. The van der Waals surface area contributed by atoms with E-state index in [0.29, 0.717) is 28.8 Å². The van der Waals surface area contributed by atoms with Crippen LogP contribution < -0.4 is 4.90 Å². The summed E-state index contributed by atoms with van der Waals surface area (Å²) in [5.41, 5.74) is 0.828. The average Bonchev–Trinajstić information content (AvgIpc) is 2.57. The lowest BCUT2D eigenvalue weighted by atomic mass is 10.2. The first-order valence-electron chi connectivity index (χ1n) is 7.63. The molecule has 1 aromatic carbocycles. The summed E-state index contributed by atoms with van der Waals surface area (Å²) >= 11 is 12.3. The van der Waals surface area contributed by atoms with Crippen LogP contribution >= 0.6 is 23.2 Å². The molecule has 0 atom stereocenters.